The predicted molar refractivity (Wildman–Crippen MR) is 178 cm³/mol. The summed E-state index contributed by atoms with van der Waals surface area (Å²) in [5.74, 6) is 0. The first-order chi connectivity index (χ1) is 17.9. The third kappa shape index (κ3) is 4.46. The molecule has 212 valence electrons. The zero-order chi connectivity index (χ0) is 26.9. The SMILES string of the molecule is Cl.Cl.[CH2]=[Zr]([C]1=CC=CC1)([c]1ccccc1)([CH]1CCC1)[CH]1c2cc(C(C)(C)C)ccc2-c2ccc(C(C)(C)C)cc21. The Morgan fingerprint density at radius 1 is 0.725 bits per heavy atom. The van der Waals surface area contributed by atoms with E-state index in [0.717, 1.165) is 6.42 Å². The summed E-state index contributed by atoms with van der Waals surface area (Å²) >= 11 is -4.28. The van der Waals surface area contributed by atoms with Crippen LogP contribution in [-0.2, 0) is 29.1 Å². The Morgan fingerprint density at radius 2 is 1.25 bits per heavy atom. The number of hydrogen-bond acceptors (Lipinski definition) is 0. The van der Waals surface area contributed by atoms with Gasteiger partial charge in [0.05, 0.1) is 0 Å². The monoisotopic (exact) mass is 650 g/mol. The topological polar surface area (TPSA) is 0 Å². The molecular weight excluding hydrogens is 607 g/mol. The van der Waals surface area contributed by atoms with E-state index in [1.165, 1.54) is 41.5 Å². The number of halogens is 2. The molecule has 0 aromatic heterocycles. The summed E-state index contributed by atoms with van der Waals surface area (Å²) in [5.41, 5.74) is 9.10. The van der Waals surface area contributed by atoms with Gasteiger partial charge in [-0.3, -0.25) is 0 Å². The van der Waals surface area contributed by atoms with Gasteiger partial charge in [0.25, 0.3) is 0 Å². The molecule has 0 spiro atoms. The van der Waals surface area contributed by atoms with Crippen molar-refractivity contribution < 1.29 is 18.3 Å². The number of fused-ring (bicyclic) bond motifs is 3. The molecule has 1 fully saturated rings. The molecule has 1 saturated carbocycles. The van der Waals surface area contributed by atoms with Crippen LogP contribution in [0.3, 0.4) is 0 Å². The Kier molecular flexibility index (Phi) is 8.35. The number of hydrogen-bond donors (Lipinski definition) is 0. The molecule has 0 N–H and O–H groups in total. The van der Waals surface area contributed by atoms with Gasteiger partial charge in [-0.2, -0.15) is 0 Å². The average molecular weight is 653 g/mol. The van der Waals surface area contributed by atoms with E-state index in [4.69, 9.17) is 4.21 Å². The van der Waals surface area contributed by atoms with Crippen LogP contribution in [-0.4, -0.2) is 4.21 Å². The van der Waals surface area contributed by atoms with E-state index in [1.54, 1.807) is 17.7 Å². The summed E-state index contributed by atoms with van der Waals surface area (Å²) in [6.45, 7) is 14.1. The van der Waals surface area contributed by atoms with Crippen molar-refractivity contribution in [2.75, 3.05) is 0 Å². The molecular formula is C37H46Cl2Zr. The van der Waals surface area contributed by atoms with Crippen molar-refractivity contribution in [3.8, 4) is 11.1 Å². The summed E-state index contributed by atoms with van der Waals surface area (Å²) in [5, 5.41) is 0. The second-order valence-electron chi connectivity index (χ2n) is 14.5. The van der Waals surface area contributed by atoms with Crippen molar-refractivity contribution in [3.05, 3.63) is 110 Å². The van der Waals surface area contributed by atoms with Crippen LogP contribution in [0, 0.1) is 0 Å². The van der Waals surface area contributed by atoms with Crippen molar-refractivity contribution in [2.24, 2.45) is 0 Å². The Morgan fingerprint density at radius 3 is 1.65 bits per heavy atom. The molecule has 0 nitrogen and oxygen atoms in total. The summed E-state index contributed by atoms with van der Waals surface area (Å²) < 4.78 is 10.1. The van der Waals surface area contributed by atoms with Gasteiger partial charge in [0.1, 0.15) is 0 Å². The first-order valence-electron chi connectivity index (χ1n) is 14.7. The molecule has 0 atom stereocenters. The molecule has 6 rings (SSSR count). The van der Waals surface area contributed by atoms with E-state index in [-0.39, 0.29) is 35.6 Å². The molecule has 0 amide bonds. The van der Waals surface area contributed by atoms with Gasteiger partial charge in [0.2, 0.25) is 0 Å². The Hall–Kier alpha value is -1.53. The van der Waals surface area contributed by atoms with Gasteiger partial charge >= 0.3 is 233 Å². The van der Waals surface area contributed by atoms with Gasteiger partial charge in [-0.05, 0) is 0 Å². The maximum atomic E-state index is 5.74. The van der Waals surface area contributed by atoms with Gasteiger partial charge in [-0.15, -0.1) is 24.8 Å². The minimum absolute atomic E-state index is 0. The quantitative estimate of drug-likeness (QED) is 0.263. The van der Waals surface area contributed by atoms with Crippen LogP contribution < -0.4 is 3.27 Å². The molecule has 40 heavy (non-hydrogen) atoms. The first-order valence-corrected chi connectivity index (χ1v) is 21.7. The molecule has 3 aromatic carbocycles. The Labute approximate surface area is 255 Å². The Balaban J connectivity index is 0.00000185. The molecule has 0 radical (unpaired) electrons. The van der Waals surface area contributed by atoms with Crippen LogP contribution in [0.25, 0.3) is 11.1 Å². The van der Waals surface area contributed by atoms with E-state index < -0.39 is 18.3 Å². The van der Waals surface area contributed by atoms with E-state index in [9.17, 15) is 0 Å². The van der Waals surface area contributed by atoms with Crippen LogP contribution >= 0.6 is 24.8 Å². The number of rotatable bonds is 4. The average Bonchev–Trinajstić information content (AvgIpc) is 3.49. The summed E-state index contributed by atoms with van der Waals surface area (Å²) in [6, 6.07) is 26.5. The van der Waals surface area contributed by atoms with E-state index >= 15 is 0 Å². The third-order valence-electron chi connectivity index (χ3n) is 10.4. The summed E-state index contributed by atoms with van der Waals surface area (Å²) in [6.07, 6.45) is 12.3. The van der Waals surface area contributed by atoms with E-state index in [1.807, 2.05) is 0 Å². The molecule has 0 bridgehead atoms. The van der Waals surface area contributed by atoms with Crippen molar-refractivity contribution in [3.63, 3.8) is 0 Å². The molecule has 0 saturated heterocycles. The minimum atomic E-state index is -4.28. The number of allylic oxidation sites excluding steroid dienone is 4. The molecule has 3 heteroatoms. The second-order valence-corrected chi connectivity index (χ2v) is 28.9. The molecule has 0 heterocycles. The normalized spacial score (nSPS) is 17.3. The first kappa shape index (κ1) is 31.4. The van der Waals surface area contributed by atoms with Gasteiger partial charge in [0, 0.05) is 0 Å². The van der Waals surface area contributed by atoms with Crippen molar-refractivity contribution in [1.82, 2.24) is 0 Å². The second kappa shape index (κ2) is 10.6. The van der Waals surface area contributed by atoms with E-state index in [0.29, 0.717) is 7.25 Å². The molecule has 0 aliphatic heterocycles. The van der Waals surface area contributed by atoms with Crippen molar-refractivity contribution in [2.45, 2.75) is 85.3 Å². The summed E-state index contributed by atoms with van der Waals surface area (Å²) in [4.78, 5) is 0. The molecule has 3 aromatic rings. The van der Waals surface area contributed by atoms with Crippen LogP contribution in [0.15, 0.2) is 88.2 Å². The standard InChI is InChI=1S/C21H25.C6H5.C5H5.C4H7.CH2.2ClH.Zr/c1-20(2,3)16-7-9-18-14(12-16)11-15-13-17(21(4,5)6)8-10-19(15)18;1-2-4-6-5-3-1;1-2-4-5-3-1;1-2-4-3-1;;;;/h7-13H,1-6H3;1-5H;1-3H,4H2;1H,2-4H2;1H2;2*1H;. The third-order valence-corrected chi connectivity index (χ3v) is 30.0. The van der Waals surface area contributed by atoms with Crippen LogP contribution in [0.2, 0.25) is 3.63 Å². The zero-order valence-corrected chi connectivity index (χ0v) is 29.2. The van der Waals surface area contributed by atoms with Gasteiger partial charge < -0.3 is 0 Å². The van der Waals surface area contributed by atoms with Crippen LogP contribution in [0.4, 0.5) is 0 Å². The van der Waals surface area contributed by atoms with Gasteiger partial charge in [0.15, 0.2) is 0 Å². The summed E-state index contributed by atoms with van der Waals surface area (Å²) in [7, 11) is 0. The fraction of sp³-hybridized carbons (Fsp3) is 0.378. The Bertz CT molecular complexity index is 1480. The van der Waals surface area contributed by atoms with Crippen LogP contribution in [0.1, 0.15) is 93.1 Å². The fourth-order valence-corrected chi connectivity index (χ4v) is 28.2. The predicted octanol–water partition coefficient (Wildman–Crippen LogP) is 10.5. The zero-order valence-electron chi connectivity index (χ0n) is 25.1. The maximum absolute atomic E-state index is 5.74. The van der Waals surface area contributed by atoms with Crippen molar-refractivity contribution >= 4 is 32.3 Å². The van der Waals surface area contributed by atoms with Gasteiger partial charge in [-0.25, -0.2) is 0 Å². The van der Waals surface area contributed by atoms with Crippen molar-refractivity contribution in [1.29, 1.82) is 0 Å². The van der Waals surface area contributed by atoms with Gasteiger partial charge in [-0.1, -0.05) is 0 Å². The van der Waals surface area contributed by atoms with E-state index in [2.05, 4.69) is 127 Å². The molecule has 3 aliphatic carbocycles. The molecule has 0 unspecified atom stereocenters. The fourth-order valence-electron chi connectivity index (χ4n) is 7.96. The van der Waals surface area contributed by atoms with Crippen LogP contribution in [0.5, 0.6) is 0 Å². The molecule has 3 aliphatic rings. The number of benzene rings is 3.